The second-order valence-corrected chi connectivity index (χ2v) is 26.3. The fourth-order valence-electron chi connectivity index (χ4n) is 14.6. The van der Waals surface area contributed by atoms with E-state index in [1.54, 1.807) is 0 Å². The van der Waals surface area contributed by atoms with Crippen molar-refractivity contribution in [3.63, 3.8) is 0 Å². The molecule has 2 aliphatic carbocycles. The first-order valence-electron chi connectivity index (χ1n) is 32.8. The van der Waals surface area contributed by atoms with Crippen molar-refractivity contribution in [3.8, 4) is 62.9 Å². The van der Waals surface area contributed by atoms with Gasteiger partial charge in [0.15, 0.2) is 6.73 Å². The van der Waals surface area contributed by atoms with Crippen molar-refractivity contribution in [3.05, 3.63) is 262 Å². The van der Waals surface area contributed by atoms with Gasteiger partial charge >= 0.3 is 5.97 Å². The van der Waals surface area contributed by atoms with Crippen molar-refractivity contribution < 1.29 is 23.1 Å². The first-order chi connectivity index (χ1) is 46.4. The lowest BCUT2D eigenvalue weighted by atomic mass is 9.87. The summed E-state index contributed by atoms with van der Waals surface area (Å²) in [5, 5.41) is 24.3. The molecule has 12 heteroatoms. The summed E-state index contributed by atoms with van der Waals surface area (Å²) in [5.74, 6) is 3.87. The lowest BCUT2D eigenvalue weighted by molar-refractivity contribution is -0.153. The number of nitrogens with zero attached hydrogens (tertiary/aromatic N) is 7. The minimum Gasteiger partial charge on any atom is -0.493 e. The van der Waals surface area contributed by atoms with Crippen LogP contribution in [-0.2, 0) is 21.7 Å². The molecule has 14 aromatic rings. The van der Waals surface area contributed by atoms with Gasteiger partial charge in [0, 0.05) is 65.9 Å². The number of fused-ring (bicyclic) bond motifs is 9. The molecule has 0 N–H and O–H groups in total. The molecular weight excluding hydrogens is 1170 g/mol. The Morgan fingerprint density at radius 3 is 1.40 bits per heavy atom. The molecule has 12 nitrogen and oxygen atoms in total. The topological polar surface area (TPSA) is 128 Å². The molecule has 0 bridgehead atoms. The Hall–Kier alpha value is -11.1. The van der Waals surface area contributed by atoms with Gasteiger partial charge in [-0.05, 0) is 175 Å². The molecule has 5 aromatic heterocycles. The van der Waals surface area contributed by atoms with Crippen LogP contribution in [0.15, 0.2) is 266 Å². The zero-order valence-corrected chi connectivity index (χ0v) is 53.6. The van der Waals surface area contributed by atoms with Crippen LogP contribution in [0.3, 0.4) is 0 Å². The lowest BCUT2D eigenvalue weighted by Gasteiger charge is -2.18. The van der Waals surface area contributed by atoms with E-state index in [0.717, 1.165) is 109 Å². The Bertz CT molecular complexity index is 4990. The maximum absolute atomic E-state index is 13.6. The number of ether oxygens (including phenoxy) is 2. The van der Waals surface area contributed by atoms with Crippen molar-refractivity contribution in [1.82, 2.24) is 34.1 Å². The van der Waals surface area contributed by atoms with Gasteiger partial charge in [-0.25, -0.2) is 0 Å². The van der Waals surface area contributed by atoms with Gasteiger partial charge in [0.25, 0.3) is 0 Å². The van der Waals surface area contributed by atoms with E-state index in [0.29, 0.717) is 53.8 Å². The Labute approximate surface area is 551 Å². The highest BCUT2D eigenvalue weighted by Gasteiger charge is 2.37. The molecule has 5 heterocycles. The quantitative estimate of drug-likeness (QED) is 0.0686. The Balaban J connectivity index is 0.000000160. The average molecular weight is 1250 g/mol. The largest absolute Gasteiger partial charge is 0.493 e. The molecule has 6 unspecified atom stereocenters. The molecule has 6 atom stereocenters. The summed E-state index contributed by atoms with van der Waals surface area (Å²) in [5.41, 5.74) is 13.4. The molecular formula is C83H73N7O5. The molecule has 470 valence electrons. The molecule has 0 spiro atoms. The van der Waals surface area contributed by atoms with Crippen molar-refractivity contribution in [2.24, 2.45) is 35.5 Å². The third-order valence-corrected chi connectivity index (χ3v) is 19.6. The first-order valence-corrected chi connectivity index (χ1v) is 32.8. The minimum atomic E-state index is -0.211. The van der Waals surface area contributed by atoms with Crippen molar-refractivity contribution in [1.29, 1.82) is 0 Å². The van der Waals surface area contributed by atoms with E-state index >= 15 is 0 Å². The second kappa shape index (κ2) is 25.1. The van der Waals surface area contributed by atoms with Gasteiger partial charge in [-0.2, -0.15) is 0 Å². The molecule has 0 aliphatic heterocycles. The maximum Gasteiger partial charge on any atom is 0.311 e. The molecule has 9 aromatic carbocycles. The Morgan fingerprint density at radius 2 is 0.916 bits per heavy atom. The van der Waals surface area contributed by atoms with Gasteiger partial charge in [0.1, 0.15) is 5.75 Å². The van der Waals surface area contributed by atoms with Crippen molar-refractivity contribution in [2.75, 3.05) is 6.61 Å². The predicted molar refractivity (Wildman–Crippen MR) is 383 cm³/mol. The number of para-hydroxylation sites is 4. The predicted octanol–water partition coefficient (Wildman–Crippen LogP) is 20.3. The monoisotopic (exact) mass is 1250 g/mol. The van der Waals surface area contributed by atoms with E-state index < -0.39 is 0 Å². The summed E-state index contributed by atoms with van der Waals surface area (Å²) in [6, 6.07) is 71.3. The summed E-state index contributed by atoms with van der Waals surface area (Å²) >= 11 is 0. The maximum atomic E-state index is 13.6. The zero-order valence-electron chi connectivity index (χ0n) is 53.6. The summed E-state index contributed by atoms with van der Waals surface area (Å²) in [6.07, 6.45) is 11.8. The van der Waals surface area contributed by atoms with Crippen LogP contribution in [-0.4, -0.2) is 46.7 Å². The van der Waals surface area contributed by atoms with Gasteiger partial charge in [-0.3, -0.25) is 4.79 Å². The van der Waals surface area contributed by atoms with E-state index in [-0.39, 0.29) is 30.0 Å². The highest BCUT2D eigenvalue weighted by Crippen LogP contribution is 2.43. The Morgan fingerprint density at radius 1 is 0.463 bits per heavy atom. The van der Waals surface area contributed by atoms with E-state index in [2.05, 4.69) is 227 Å². The summed E-state index contributed by atoms with van der Waals surface area (Å²) in [6.45, 7) is 23.3. The van der Waals surface area contributed by atoms with Crippen LogP contribution < -0.4 is 4.74 Å². The molecule has 2 aliphatic rings. The van der Waals surface area contributed by atoms with Crippen LogP contribution in [0.25, 0.3) is 123 Å². The number of aromatic nitrogens is 7. The molecule has 0 amide bonds. The minimum absolute atomic E-state index is 0.0739. The third-order valence-electron chi connectivity index (χ3n) is 19.6. The van der Waals surface area contributed by atoms with Crippen LogP contribution >= 0.6 is 0 Å². The summed E-state index contributed by atoms with van der Waals surface area (Å²) in [7, 11) is 0. The van der Waals surface area contributed by atoms with Gasteiger partial charge < -0.3 is 32.0 Å². The van der Waals surface area contributed by atoms with Crippen LogP contribution in [0.4, 0.5) is 0 Å². The first kappa shape index (κ1) is 60.2. The molecule has 0 radical (unpaired) electrons. The standard InChI is InChI=1S/C47H37N3O2.C36H36N4O3/c1-3-30-25-31(4-2)38(26-30)47(51)52-29-48-41-23-21-32(49-43-17-9-5-13-34(43)35-14-6-10-18-44(35)49)27-39(41)40-28-33(22-24-42(40)48)50-45-19-11-7-15-36(45)37-16-8-12-20-46(37)50;1-6-23-18-24(7-2)29(19-23)22-41-31-13-9-12-28(21-31)35-40-39-34(43-35)27-11-8-10-26(20-27)33-38-37-32(42-33)25-14-16-30(17-15-25)36(3,4)5/h3-24,27-28,30-31,38H,1-2,25-26,29H2;6-17,20-21,23-24,29H,1-2,18-19,22H2,3-5H3. The van der Waals surface area contributed by atoms with E-state index in [9.17, 15) is 4.79 Å². The van der Waals surface area contributed by atoms with E-state index in [4.69, 9.17) is 18.3 Å². The van der Waals surface area contributed by atoms with Crippen molar-refractivity contribution >= 4 is 71.4 Å². The van der Waals surface area contributed by atoms with Gasteiger partial charge in [-0.1, -0.05) is 142 Å². The molecule has 0 saturated heterocycles. The number of carbonyl (C=O) groups excluding carboxylic acids is 1. The fourth-order valence-corrected chi connectivity index (χ4v) is 14.6. The second-order valence-electron chi connectivity index (χ2n) is 26.3. The third kappa shape index (κ3) is 11.3. The summed E-state index contributed by atoms with van der Waals surface area (Å²) in [4.78, 5) is 13.6. The van der Waals surface area contributed by atoms with Gasteiger partial charge in [-0.15, -0.1) is 46.7 Å². The normalized spacial score (nSPS) is 18.0. The number of rotatable bonds is 16. The molecule has 16 rings (SSSR count). The smallest absolute Gasteiger partial charge is 0.311 e. The fraction of sp³-hybridized carbons (Fsp3) is 0.193. The summed E-state index contributed by atoms with van der Waals surface area (Å²) < 4.78 is 31.4. The van der Waals surface area contributed by atoms with Crippen molar-refractivity contribution in [2.45, 2.75) is 58.6 Å². The molecule has 2 saturated carbocycles. The lowest BCUT2D eigenvalue weighted by Crippen LogP contribution is -2.21. The number of carbonyl (C=O) groups is 1. The van der Waals surface area contributed by atoms with Crippen LogP contribution in [0.2, 0.25) is 0 Å². The van der Waals surface area contributed by atoms with Gasteiger partial charge in [0.05, 0.1) is 45.6 Å². The average Bonchev–Trinajstić information content (AvgIpc) is 1.57. The number of hydrogen-bond acceptors (Lipinski definition) is 9. The number of allylic oxidation sites excluding steroid dienone is 4. The van der Waals surface area contributed by atoms with Crippen LogP contribution in [0.5, 0.6) is 5.75 Å². The van der Waals surface area contributed by atoms with Crippen LogP contribution in [0.1, 0.15) is 52.0 Å². The number of esters is 1. The highest BCUT2D eigenvalue weighted by molar-refractivity contribution is 6.13. The van der Waals surface area contributed by atoms with E-state index in [1.807, 2.05) is 85.0 Å². The van der Waals surface area contributed by atoms with Gasteiger partial charge in [0.2, 0.25) is 23.6 Å². The van der Waals surface area contributed by atoms with E-state index in [1.165, 1.54) is 27.1 Å². The Kier molecular flexibility index (Phi) is 15.9. The number of hydrogen-bond donors (Lipinski definition) is 0. The van der Waals surface area contributed by atoms with Crippen LogP contribution in [0, 0.1) is 35.5 Å². The SMILES string of the molecule is C=CC1CC(C=C)C(C(=O)OCn2c3ccc(-n4c5ccccc5c5ccccc54)cc3c3cc(-n4c5ccccc5c5ccccc54)ccc32)C1.C=CC1CC(C=C)C(COc2cccc(-c3nnc(-c4cccc(-c5nnc(-c6ccc(C(C)(C)C)cc6)o5)c4)o3)c2)C1. The molecule has 2 fully saturated rings. The molecule has 95 heavy (non-hydrogen) atoms. The zero-order chi connectivity index (χ0) is 64.9. The highest BCUT2D eigenvalue weighted by atomic mass is 16.5. The number of benzene rings is 9.